The zero-order chi connectivity index (χ0) is 29.3. The Hall–Kier alpha value is -5.93. The van der Waals surface area contributed by atoms with E-state index >= 15 is 0 Å². The van der Waals surface area contributed by atoms with Crippen molar-refractivity contribution in [1.82, 2.24) is 15.0 Å². The molecule has 3 nitrogen and oxygen atoms in total. The van der Waals surface area contributed by atoms with Crippen LogP contribution in [0, 0.1) is 0 Å². The predicted molar refractivity (Wildman–Crippen MR) is 182 cm³/mol. The van der Waals surface area contributed by atoms with Crippen LogP contribution in [0.1, 0.15) is 0 Å². The molecule has 0 N–H and O–H groups in total. The minimum Gasteiger partial charge on any atom is -0.265 e. The SMILES string of the molecule is c1ccc(-c2cc(-c3ccncc3)cc(-c3cc(-c4cccc5ccccc45)nc(-c4cccc5ccccc45)c3)c2)nc1. The standard InChI is InChI=1S/C41H27N3/c1-3-13-35-29(9-1)11-7-15-37(35)40-26-33(27-41(44-40)38-16-8-12-30-10-2-4-14-36(30)38)32-23-31(28-18-21-42-22-19-28)24-34(25-32)39-17-5-6-20-43-39/h1-27H. The van der Waals surface area contributed by atoms with Crippen molar-refractivity contribution < 1.29 is 0 Å². The van der Waals surface area contributed by atoms with E-state index in [4.69, 9.17) is 9.97 Å². The Morgan fingerprint density at radius 1 is 0.341 bits per heavy atom. The molecule has 0 aliphatic carbocycles. The first kappa shape index (κ1) is 25.8. The lowest BCUT2D eigenvalue weighted by molar-refractivity contribution is 1.32. The first-order chi connectivity index (χ1) is 21.8. The lowest BCUT2D eigenvalue weighted by Crippen LogP contribution is -1.94. The van der Waals surface area contributed by atoms with Gasteiger partial charge in [0.05, 0.1) is 17.1 Å². The van der Waals surface area contributed by atoms with Gasteiger partial charge in [-0.2, -0.15) is 0 Å². The zero-order valence-electron chi connectivity index (χ0n) is 23.9. The topological polar surface area (TPSA) is 38.7 Å². The molecule has 5 aromatic carbocycles. The number of rotatable bonds is 5. The van der Waals surface area contributed by atoms with E-state index in [2.05, 4.69) is 138 Å². The average molecular weight is 562 g/mol. The summed E-state index contributed by atoms with van der Waals surface area (Å²) in [5, 5.41) is 4.76. The van der Waals surface area contributed by atoms with E-state index in [0.29, 0.717) is 0 Å². The fourth-order valence-electron chi connectivity index (χ4n) is 6.06. The summed E-state index contributed by atoms with van der Waals surface area (Å²) >= 11 is 0. The fourth-order valence-corrected chi connectivity index (χ4v) is 6.06. The van der Waals surface area contributed by atoms with Crippen LogP contribution in [-0.4, -0.2) is 15.0 Å². The van der Waals surface area contributed by atoms with Crippen molar-refractivity contribution >= 4 is 21.5 Å². The second-order valence-electron chi connectivity index (χ2n) is 10.9. The van der Waals surface area contributed by atoms with Crippen LogP contribution in [0.5, 0.6) is 0 Å². The molecule has 0 unspecified atom stereocenters. The molecule has 0 aliphatic heterocycles. The number of hydrogen-bond donors (Lipinski definition) is 0. The molecule has 8 aromatic rings. The van der Waals surface area contributed by atoms with Crippen molar-refractivity contribution in [2.45, 2.75) is 0 Å². The Balaban J connectivity index is 1.41. The minimum atomic E-state index is 0.933. The summed E-state index contributed by atoms with van der Waals surface area (Å²) in [5.41, 5.74) is 10.5. The minimum absolute atomic E-state index is 0.933. The number of aromatic nitrogens is 3. The smallest absolute Gasteiger partial charge is 0.0721 e. The van der Waals surface area contributed by atoms with E-state index in [1.807, 2.05) is 30.7 Å². The Morgan fingerprint density at radius 2 is 0.864 bits per heavy atom. The van der Waals surface area contributed by atoms with Gasteiger partial charge in [0.15, 0.2) is 0 Å². The van der Waals surface area contributed by atoms with Gasteiger partial charge < -0.3 is 0 Å². The third-order valence-corrected chi connectivity index (χ3v) is 8.20. The number of benzene rings is 5. The highest BCUT2D eigenvalue weighted by atomic mass is 14.7. The van der Waals surface area contributed by atoms with Crippen LogP contribution in [0.15, 0.2) is 164 Å². The van der Waals surface area contributed by atoms with Gasteiger partial charge in [-0.05, 0) is 98.4 Å². The van der Waals surface area contributed by atoms with Gasteiger partial charge in [-0.1, -0.05) is 91.0 Å². The van der Waals surface area contributed by atoms with Crippen molar-refractivity contribution in [3.8, 4) is 56.0 Å². The molecule has 0 radical (unpaired) electrons. The van der Waals surface area contributed by atoms with Gasteiger partial charge in [0, 0.05) is 35.3 Å². The van der Waals surface area contributed by atoms with Crippen LogP contribution >= 0.6 is 0 Å². The van der Waals surface area contributed by atoms with Gasteiger partial charge >= 0.3 is 0 Å². The van der Waals surface area contributed by atoms with Crippen molar-refractivity contribution in [3.63, 3.8) is 0 Å². The van der Waals surface area contributed by atoms with Crippen molar-refractivity contribution in [2.24, 2.45) is 0 Å². The predicted octanol–water partition coefficient (Wildman–Crippen LogP) is 10.5. The van der Waals surface area contributed by atoms with Crippen LogP contribution in [0.2, 0.25) is 0 Å². The third-order valence-electron chi connectivity index (χ3n) is 8.20. The van der Waals surface area contributed by atoms with Crippen molar-refractivity contribution in [2.75, 3.05) is 0 Å². The maximum absolute atomic E-state index is 5.34. The molecule has 0 fully saturated rings. The van der Waals surface area contributed by atoms with Gasteiger partial charge in [-0.3, -0.25) is 9.97 Å². The highest BCUT2D eigenvalue weighted by Gasteiger charge is 2.15. The summed E-state index contributed by atoms with van der Waals surface area (Å²) in [6.45, 7) is 0. The first-order valence-electron chi connectivity index (χ1n) is 14.8. The number of fused-ring (bicyclic) bond motifs is 2. The molecule has 0 aliphatic rings. The molecule has 0 saturated heterocycles. The van der Waals surface area contributed by atoms with Crippen molar-refractivity contribution in [1.29, 1.82) is 0 Å². The summed E-state index contributed by atoms with van der Waals surface area (Å²) < 4.78 is 0. The number of hydrogen-bond acceptors (Lipinski definition) is 3. The van der Waals surface area contributed by atoms with Crippen LogP contribution in [-0.2, 0) is 0 Å². The van der Waals surface area contributed by atoms with Gasteiger partial charge in [-0.15, -0.1) is 0 Å². The molecule has 44 heavy (non-hydrogen) atoms. The Kier molecular flexibility index (Phi) is 6.47. The maximum Gasteiger partial charge on any atom is 0.0721 e. The van der Waals surface area contributed by atoms with E-state index < -0.39 is 0 Å². The van der Waals surface area contributed by atoms with E-state index in [0.717, 1.165) is 56.0 Å². The lowest BCUT2D eigenvalue weighted by Gasteiger charge is -2.15. The van der Waals surface area contributed by atoms with Crippen LogP contribution in [0.4, 0.5) is 0 Å². The molecular formula is C41H27N3. The van der Waals surface area contributed by atoms with Gasteiger partial charge in [-0.25, -0.2) is 4.98 Å². The van der Waals surface area contributed by atoms with Gasteiger partial charge in [0.2, 0.25) is 0 Å². The molecule has 3 aromatic heterocycles. The van der Waals surface area contributed by atoms with Gasteiger partial charge in [0.25, 0.3) is 0 Å². The van der Waals surface area contributed by atoms with E-state index in [9.17, 15) is 0 Å². The van der Waals surface area contributed by atoms with Gasteiger partial charge in [0.1, 0.15) is 0 Å². The quantitative estimate of drug-likeness (QED) is 0.210. The molecule has 3 heterocycles. The van der Waals surface area contributed by atoms with E-state index in [1.165, 1.54) is 21.5 Å². The van der Waals surface area contributed by atoms with Crippen LogP contribution in [0.3, 0.4) is 0 Å². The number of pyridine rings is 3. The summed E-state index contributed by atoms with van der Waals surface area (Å²) in [4.78, 5) is 14.3. The lowest BCUT2D eigenvalue weighted by atomic mass is 9.92. The Bertz CT molecular complexity index is 2110. The highest BCUT2D eigenvalue weighted by molar-refractivity contribution is 5.99. The first-order valence-corrected chi connectivity index (χ1v) is 14.8. The number of nitrogens with zero attached hydrogens (tertiary/aromatic N) is 3. The van der Waals surface area contributed by atoms with Crippen LogP contribution in [0.25, 0.3) is 77.6 Å². The molecule has 0 spiro atoms. The summed E-state index contributed by atoms with van der Waals surface area (Å²) in [5.74, 6) is 0. The summed E-state index contributed by atoms with van der Waals surface area (Å²) in [7, 11) is 0. The van der Waals surface area contributed by atoms with Crippen LogP contribution < -0.4 is 0 Å². The molecular weight excluding hydrogens is 534 g/mol. The molecule has 0 atom stereocenters. The Morgan fingerprint density at radius 3 is 1.48 bits per heavy atom. The highest BCUT2D eigenvalue weighted by Crippen LogP contribution is 2.38. The average Bonchev–Trinajstić information content (AvgIpc) is 3.11. The summed E-state index contributed by atoms with van der Waals surface area (Å²) in [6.07, 6.45) is 5.52. The molecule has 3 heteroatoms. The fraction of sp³-hybridized carbons (Fsp3) is 0. The molecule has 8 rings (SSSR count). The second-order valence-corrected chi connectivity index (χ2v) is 10.9. The Labute approximate surface area is 256 Å². The summed E-state index contributed by atoms with van der Waals surface area (Å²) in [6, 6.07) is 51.2. The second kappa shape index (κ2) is 11.0. The molecule has 206 valence electrons. The van der Waals surface area contributed by atoms with E-state index in [1.54, 1.807) is 0 Å². The normalized spacial score (nSPS) is 11.2. The maximum atomic E-state index is 5.34. The molecule has 0 saturated carbocycles. The van der Waals surface area contributed by atoms with E-state index in [-0.39, 0.29) is 0 Å². The molecule has 0 bridgehead atoms. The monoisotopic (exact) mass is 561 g/mol. The largest absolute Gasteiger partial charge is 0.265 e. The molecule has 0 amide bonds. The van der Waals surface area contributed by atoms with Crippen molar-refractivity contribution in [3.05, 3.63) is 164 Å². The zero-order valence-corrected chi connectivity index (χ0v) is 23.9. The third kappa shape index (κ3) is 4.81.